The van der Waals surface area contributed by atoms with E-state index in [4.69, 9.17) is 18.1 Å². The first-order chi connectivity index (χ1) is 9.51. The van der Waals surface area contributed by atoms with Gasteiger partial charge in [-0.25, -0.2) is 4.57 Å². The van der Waals surface area contributed by atoms with Gasteiger partial charge < -0.3 is 9.05 Å². The second-order valence-electron chi connectivity index (χ2n) is 3.95. The number of hydrogen-bond acceptors (Lipinski definition) is 6. The topological polar surface area (TPSA) is 66.4 Å². The maximum atomic E-state index is 12.2. The molecular weight excluding hydrogens is 320 g/mol. The molecule has 0 atom stereocenters. The highest BCUT2D eigenvalue weighted by Crippen LogP contribution is 2.70. The first kappa shape index (κ1) is 20.6. The van der Waals surface area contributed by atoms with Crippen LogP contribution in [0.2, 0.25) is 0 Å². The Hall–Kier alpha value is 0.650. The van der Waals surface area contributed by atoms with Gasteiger partial charge in [0.2, 0.25) is 0 Å². The molecule has 0 fully saturated rings. The lowest BCUT2D eigenvalue weighted by molar-refractivity contribution is 0.242. The molecule has 0 aliphatic carbocycles. The molecule has 0 aromatic heterocycles. The van der Waals surface area contributed by atoms with E-state index in [2.05, 4.69) is 18.4 Å². The molecule has 0 radical (unpaired) electrons. The smallest absolute Gasteiger partial charge is 0.316 e. The zero-order valence-corrected chi connectivity index (χ0v) is 15.6. The maximum Gasteiger partial charge on any atom is 0.456 e. The molecule has 0 aliphatic heterocycles. The lowest BCUT2D eigenvalue weighted by Crippen LogP contribution is -1.98. The summed E-state index contributed by atoms with van der Waals surface area (Å²) < 4.78 is 37.8. The molecule has 0 bridgehead atoms. The van der Waals surface area contributed by atoms with Crippen LogP contribution in [0.1, 0.15) is 39.5 Å². The van der Waals surface area contributed by atoms with E-state index in [1.165, 1.54) is 25.6 Å². The molecule has 0 spiro atoms. The van der Waals surface area contributed by atoms with Crippen molar-refractivity contribution in [3.8, 4) is 0 Å². The number of nitrogens with zero attached hydrogens (tertiary/aromatic N) is 1. The highest BCUT2D eigenvalue weighted by Gasteiger charge is 2.30. The Labute approximate surface area is 126 Å². The second kappa shape index (κ2) is 11.2. The van der Waals surface area contributed by atoms with Crippen molar-refractivity contribution in [2.45, 2.75) is 39.5 Å². The zero-order chi connectivity index (χ0) is 15.5. The molecule has 9 heteroatoms. The lowest BCUT2D eigenvalue weighted by atomic mass is 10.4. The summed E-state index contributed by atoms with van der Waals surface area (Å²) in [6.07, 6.45) is 5.66. The van der Waals surface area contributed by atoms with E-state index in [-0.39, 0.29) is 0 Å². The number of unbranched alkanes of at least 4 members (excludes halogenated alkanes) is 2. The molecule has 0 aliphatic rings. The molecule has 0 saturated heterocycles. The molecule has 6 nitrogen and oxygen atoms in total. The molecule has 0 N–H and O–H groups in total. The van der Waals surface area contributed by atoms with Crippen molar-refractivity contribution in [2.24, 2.45) is 4.52 Å². The normalized spacial score (nSPS) is 12.7. The van der Waals surface area contributed by atoms with Gasteiger partial charge in [-0.15, -0.1) is 4.52 Å². The van der Waals surface area contributed by atoms with Crippen molar-refractivity contribution >= 4 is 25.8 Å². The summed E-state index contributed by atoms with van der Waals surface area (Å²) in [6, 6.07) is 0. The third kappa shape index (κ3) is 7.60. The molecular formula is C11H27NO5P2S. The summed E-state index contributed by atoms with van der Waals surface area (Å²) in [5.74, 6) is 0. The minimum absolute atomic E-state index is 0.522. The van der Waals surface area contributed by atoms with E-state index in [1.54, 1.807) is 0 Å². The summed E-state index contributed by atoms with van der Waals surface area (Å²) in [5, 5.41) is 0. The van der Waals surface area contributed by atoms with E-state index in [1.807, 2.05) is 6.26 Å². The van der Waals surface area contributed by atoms with Crippen molar-refractivity contribution < 1.29 is 22.7 Å². The van der Waals surface area contributed by atoms with Crippen molar-refractivity contribution in [1.29, 1.82) is 0 Å². The second-order valence-corrected chi connectivity index (χ2v) is 10.6. The largest absolute Gasteiger partial charge is 0.456 e. The van der Waals surface area contributed by atoms with Gasteiger partial charge in [0.05, 0.1) is 13.2 Å². The molecule has 0 heterocycles. The van der Waals surface area contributed by atoms with Crippen LogP contribution in [0.15, 0.2) is 4.52 Å². The van der Waals surface area contributed by atoms with Gasteiger partial charge in [0.15, 0.2) is 0 Å². The fourth-order valence-electron chi connectivity index (χ4n) is 1.16. The Morgan fingerprint density at radius 3 is 1.75 bits per heavy atom. The highest BCUT2D eigenvalue weighted by molar-refractivity contribution is 8.55. The van der Waals surface area contributed by atoms with E-state index in [0.29, 0.717) is 13.2 Å². The van der Waals surface area contributed by atoms with Crippen LogP contribution >= 0.6 is 25.8 Å². The van der Waals surface area contributed by atoms with E-state index < -0.39 is 14.5 Å². The van der Waals surface area contributed by atoms with Crippen LogP contribution < -0.4 is 0 Å². The van der Waals surface area contributed by atoms with Gasteiger partial charge >= 0.3 is 7.75 Å². The average molecular weight is 347 g/mol. The molecule has 0 amide bonds. The van der Waals surface area contributed by atoms with E-state index >= 15 is 0 Å². The zero-order valence-electron chi connectivity index (χ0n) is 13.0. The van der Waals surface area contributed by atoms with Crippen molar-refractivity contribution in [2.75, 3.05) is 33.7 Å². The quantitative estimate of drug-likeness (QED) is 0.351. The standard InChI is InChI=1S/C11H27NO5P2S/c1-6-8-10-16-19(20-5,17-11-9-7-2)12-18(13,14-3)15-4/h6-11H2,1-5H3. The van der Waals surface area contributed by atoms with Gasteiger partial charge in [-0.2, -0.15) is 0 Å². The SMILES string of the molecule is CCCCOP(=NP(=O)(OC)OC)(OCCCC)SC. The third-order valence-electron chi connectivity index (χ3n) is 2.42. The summed E-state index contributed by atoms with van der Waals surface area (Å²) in [5.41, 5.74) is 0. The summed E-state index contributed by atoms with van der Waals surface area (Å²) >= 11 is 1.34. The predicted octanol–water partition coefficient (Wildman–Crippen LogP) is 5.33. The van der Waals surface area contributed by atoms with Gasteiger partial charge in [-0.3, -0.25) is 9.05 Å². The van der Waals surface area contributed by atoms with Crippen LogP contribution in [0.4, 0.5) is 0 Å². The Morgan fingerprint density at radius 1 is 1.00 bits per heavy atom. The molecule has 0 rings (SSSR count). The van der Waals surface area contributed by atoms with Crippen molar-refractivity contribution in [1.82, 2.24) is 0 Å². The summed E-state index contributed by atoms with van der Waals surface area (Å²) in [4.78, 5) is 0. The van der Waals surface area contributed by atoms with Gasteiger partial charge in [-0.1, -0.05) is 38.1 Å². The first-order valence-electron chi connectivity index (χ1n) is 6.71. The Bertz CT molecular complexity index is 332. The molecule has 0 saturated carbocycles. The molecule has 0 aromatic carbocycles. The Balaban J connectivity index is 5.16. The van der Waals surface area contributed by atoms with E-state index in [9.17, 15) is 4.57 Å². The minimum atomic E-state index is -3.51. The van der Waals surface area contributed by atoms with Crippen molar-refractivity contribution in [3.63, 3.8) is 0 Å². The maximum absolute atomic E-state index is 12.2. The van der Waals surface area contributed by atoms with Gasteiger partial charge in [0, 0.05) is 14.2 Å². The van der Waals surface area contributed by atoms with Crippen LogP contribution in [0.5, 0.6) is 0 Å². The predicted molar refractivity (Wildman–Crippen MR) is 86.2 cm³/mol. The van der Waals surface area contributed by atoms with Crippen LogP contribution in [0, 0.1) is 0 Å². The molecule has 0 aromatic rings. The van der Waals surface area contributed by atoms with Crippen molar-refractivity contribution in [3.05, 3.63) is 0 Å². The number of hydrogen-bond donors (Lipinski definition) is 0. The average Bonchev–Trinajstić information content (AvgIpc) is 2.47. The monoisotopic (exact) mass is 347 g/mol. The van der Waals surface area contributed by atoms with Crippen LogP contribution in [-0.4, -0.2) is 33.7 Å². The molecule has 122 valence electrons. The summed E-state index contributed by atoms with van der Waals surface area (Å²) in [7, 11) is -0.900. The third-order valence-corrected chi connectivity index (χ3v) is 9.24. The Morgan fingerprint density at radius 2 is 1.45 bits per heavy atom. The minimum Gasteiger partial charge on any atom is -0.316 e. The lowest BCUT2D eigenvalue weighted by Gasteiger charge is -2.23. The molecule has 0 unspecified atom stereocenters. The van der Waals surface area contributed by atoms with Crippen LogP contribution in [0.25, 0.3) is 0 Å². The van der Waals surface area contributed by atoms with E-state index in [0.717, 1.165) is 25.7 Å². The fraction of sp³-hybridized carbons (Fsp3) is 1.00. The first-order valence-corrected chi connectivity index (χ1v) is 11.6. The highest BCUT2D eigenvalue weighted by atomic mass is 32.7. The molecule has 20 heavy (non-hydrogen) atoms. The van der Waals surface area contributed by atoms with Gasteiger partial charge in [0.1, 0.15) is 0 Å². The summed E-state index contributed by atoms with van der Waals surface area (Å²) in [6.45, 7) is 2.53. The Kier molecular flexibility index (Phi) is 11.6. The fourth-order valence-corrected chi connectivity index (χ4v) is 7.22. The van der Waals surface area contributed by atoms with Crippen LogP contribution in [-0.2, 0) is 22.7 Å². The number of rotatable bonds is 12. The van der Waals surface area contributed by atoms with Crippen LogP contribution in [0.3, 0.4) is 0 Å². The van der Waals surface area contributed by atoms with Gasteiger partial charge in [0.25, 0.3) is 6.71 Å². The van der Waals surface area contributed by atoms with Gasteiger partial charge in [-0.05, 0) is 19.1 Å².